The van der Waals surface area contributed by atoms with E-state index < -0.39 is 5.97 Å². The largest absolute Gasteiger partial charge is 0.457 e. The summed E-state index contributed by atoms with van der Waals surface area (Å²) in [6.45, 7) is 5.73. The first-order valence-corrected chi connectivity index (χ1v) is 7.82. The molecule has 1 N–H and O–H groups in total. The van der Waals surface area contributed by atoms with Gasteiger partial charge in [-0.05, 0) is 44.4 Å². The Hall–Kier alpha value is -2.54. The van der Waals surface area contributed by atoms with Crippen LogP contribution in [0.4, 0.5) is 0 Å². The molecule has 6 nitrogen and oxygen atoms in total. The first-order chi connectivity index (χ1) is 11.0. The molecule has 0 aliphatic carbocycles. The second-order valence-electron chi connectivity index (χ2n) is 5.26. The smallest absolute Gasteiger partial charge is 0.343 e. The van der Waals surface area contributed by atoms with Gasteiger partial charge in [-0.2, -0.15) is 4.37 Å². The summed E-state index contributed by atoms with van der Waals surface area (Å²) < 4.78 is 9.48. The van der Waals surface area contributed by atoms with E-state index >= 15 is 0 Å². The molecule has 0 atom stereocenters. The Morgan fingerprint density at radius 3 is 2.78 bits per heavy atom. The number of aryl methyl sites for hydroxylation is 3. The third-order valence-electron chi connectivity index (χ3n) is 3.63. The predicted molar refractivity (Wildman–Crippen MR) is 87.8 cm³/mol. The molecule has 0 radical (unpaired) electrons. The van der Waals surface area contributed by atoms with Crippen LogP contribution in [-0.2, 0) is 11.3 Å². The van der Waals surface area contributed by atoms with Gasteiger partial charge in [-0.25, -0.2) is 9.78 Å². The van der Waals surface area contributed by atoms with E-state index in [1.54, 1.807) is 12.1 Å². The predicted octanol–water partition coefficient (Wildman–Crippen LogP) is 2.66. The number of H-pyrrole nitrogens is 1. The van der Waals surface area contributed by atoms with Gasteiger partial charge in [0.25, 0.3) is 0 Å². The number of nitrogens with one attached hydrogen (secondary N) is 1. The zero-order valence-electron chi connectivity index (χ0n) is 13.0. The van der Waals surface area contributed by atoms with E-state index in [9.17, 15) is 9.59 Å². The summed E-state index contributed by atoms with van der Waals surface area (Å²) in [4.78, 5) is 32.7. The van der Waals surface area contributed by atoms with Crippen LogP contribution in [0.1, 0.15) is 32.2 Å². The lowest BCUT2D eigenvalue weighted by molar-refractivity contribution is 0.0470. The van der Waals surface area contributed by atoms with Crippen molar-refractivity contribution < 1.29 is 9.53 Å². The molecule has 0 spiro atoms. The number of aromatic amines is 1. The molecule has 0 bridgehead atoms. The summed E-state index contributed by atoms with van der Waals surface area (Å²) in [5.41, 5.74) is 2.57. The molecule has 0 aliphatic heterocycles. The van der Waals surface area contributed by atoms with Crippen LogP contribution in [0.25, 0.3) is 11.0 Å². The van der Waals surface area contributed by atoms with Crippen LogP contribution < -0.4 is 5.43 Å². The maximum atomic E-state index is 12.4. The van der Waals surface area contributed by atoms with Crippen LogP contribution in [0.5, 0.6) is 0 Å². The van der Waals surface area contributed by atoms with Crippen molar-refractivity contribution in [3.63, 3.8) is 0 Å². The number of pyridine rings is 2. The first-order valence-electron chi connectivity index (χ1n) is 7.05. The molecule has 7 heteroatoms. The standard InChI is InChI=1S/C16H15N3O3S/c1-8-4-5-11-14(20)12(6-17-15(11)18-8)16(21)22-7-13-9(2)19-23-10(13)3/h4-6H,7H2,1-3H3,(H,17,18,20). The Morgan fingerprint density at radius 2 is 2.09 bits per heavy atom. The average Bonchev–Trinajstić information content (AvgIpc) is 2.84. The monoisotopic (exact) mass is 329 g/mol. The zero-order valence-corrected chi connectivity index (χ0v) is 13.8. The highest BCUT2D eigenvalue weighted by Gasteiger charge is 2.16. The van der Waals surface area contributed by atoms with Gasteiger partial charge in [-0.1, -0.05) is 0 Å². The molecule has 3 aromatic heterocycles. The summed E-state index contributed by atoms with van der Waals surface area (Å²) in [6, 6.07) is 3.39. The van der Waals surface area contributed by atoms with E-state index in [4.69, 9.17) is 4.74 Å². The van der Waals surface area contributed by atoms with Gasteiger partial charge in [0.15, 0.2) is 0 Å². The lowest BCUT2D eigenvalue weighted by atomic mass is 10.2. The fourth-order valence-corrected chi connectivity index (χ4v) is 2.98. The van der Waals surface area contributed by atoms with Gasteiger partial charge in [-0.3, -0.25) is 4.79 Å². The molecule has 0 aromatic carbocycles. The summed E-state index contributed by atoms with van der Waals surface area (Å²) in [5, 5.41) is 0.370. The quantitative estimate of drug-likeness (QED) is 0.747. The third-order valence-corrected chi connectivity index (χ3v) is 4.51. The molecular formula is C16H15N3O3S. The van der Waals surface area contributed by atoms with Crippen molar-refractivity contribution >= 4 is 28.5 Å². The molecule has 23 heavy (non-hydrogen) atoms. The van der Waals surface area contributed by atoms with Crippen LogP contribution in [0.3, 0.4) is 0 Å². The number of ether oxygens (including phenoxy) is 1. The number of fused-ring (bicyclic) bond motifs is 1. The molecule has 0 saturated heterocycles. The van der Waals surface area contributed by atoms with Gasteiger partial charge >= 0.3 is 5.97 Å². The van der Waals surface area contributed by atoms with E-state index in [-0.39, 0.29) is 17.6 Å². The molecule has 3 aromatic rings. The Bertz CT molecular complexity index is 939. The molecule has 3 heterocycles. The molecule has 118 valence electrons. The SMILES string of the molecule is Cc1ccc2c(=O)c(C(=O)OCc3c(C)nsc3C)c[nH]c2n1. The van der Waals surface area contributed by atoms with Crippen LogP contribution in [-0.4, -0.2) is 20.3 Å². The van der Waals surface area contributed by atoms with Crippen molar-refractivity contribution in [2.45, 2.75) is 27.4 Å². The molecule has 0 fully saturated rings. The lowest BCUT2D eigenvalue weighted by Gasteiger charge is -2.06. The highest BCUT2D eigenvalue weighted by atomic mass is 32.1. The van der Waals surface area contributed by atoms with E-state index in [0.29, 0.717) is 11.0 Å². The Labute approximate surface area is 136 Å². The number of hydrogen-bond donors (Lipinski definition) is 1. The van der Waals surface area contributed by atoms with Gasteiger partial charge in [0.1, 0.15) is 17.8 Å². The van der Waals surface area contributed by atoms with Crippen LogP contribution in [0.15, 0.2) is 23.1 Å². The van der Waals surface area contributed by atoms with Crippen molar-refractivity contribution in [3.8, 4) is 0 Å². The van der Waals surface area contributed by atoms with E-state index in [0.717, 1.165) is 21.8 Å². The Balaban J connectivity index is 1.88. The van der Waals surface area contributed by atoms with Crippen LogP contribution >= 0.6 is 11.5 Å². The normalized spacial score (nSPS) is 10.9. The first kappa shape index (κ1) is 15.4. The van der Waals surface area contributed by atoms with Crippen LogP contribution in [0, 0.1) is 20.8 Å². The lowest BCUT2D eigenvalue weighted by Crippen LogP contribution is -2.18. The van der Waals surface area contributed by atoms with Crippen molar-refractivity contribution in [1.29, 1.82) is 0 Å². The second kappa shape index (κ2) is 5.92. The minimum atomic E-state index is -0.654. The molecule has 0 unspecified atom stereocenters. The molecular weight excluding hydrogens is 314 g/mol. The van der Waals surface area contributed by atoms with Gasteiger partial charge in [0.05, 0.1) is 11.1 Å². The van der Waals surface area contributed by atoms with E-state index in [2.05, 4.69) is 14.3 Å². The van der Waals surface area contributed by atoms with Gasteiger partial charge in [-0.15, -0.1) is 0 Å². The van der Waals surface area contributed by atoms with Crippen molar-refractivity contribution in [2.75, 3.05) is 0 Å². The molecule has 0 aliphatic rings. The molecule has 3 rings (SSSR count). The number of carbonyl (C=O) groups excluding carboxylic acids is 1. The molecule has 0 amide bonds. The van der Waals surface area contributed by atoms with Gasteiger partial charge < -0.3 is 9.72 Å². The Morgan fingerprint density at radius 1 is 1.30 bits per heavy atom. The third kappa shape index (κ3) is 2.87. The van der Waals surface area contributed by atoms with Crippen LogP contribution in [0.2, 0.25) is 0 Å². The van der Waals surface area contributed by atoms with E-state index in [1.807, 2.05) is 20.8 Å². The number of nitrogens with zero attached hydrogens (tertiary/aromatic N) is 2. The number of aromatic nitrogens is 3. The average molecular weight is 329 g/mol. The van der Waals surface area contributed by atoms with Crippen molar-refractivity contribution in [3.05, 3.63) is 55.9 Å². The molecule has 0 saturated carbocycles. The fraction of sp³-hybridized carbons (Fsp3) is 0.250. The number of rotatable bonds is 3. The minimum absolute atomic E-state index is 0.0263. The topological polar surface area (TPSA) is 84.9 Å². The minimum Gasteiger partial charge on any atom is -0.457 e. The summed E-state index contributed by atoms with van der Waals surface area (Å²) in [6.07, 6.45) is 1.35. The van der Waals surface area contributed by atoms with Gasteiger partial charge in [0.2, 0.25) is 5.43 Å². The summed E-state index contributed by atoms with van der Waals surface area (Å²) in [5.74, 6) is -0.654. The fourth-order valence-electron chi connectivity index (χ4n) is 2.28. The van der Waals surface area contributed by atoms with Crippen molar-refractivity contribution in [2.24, 2.45) is 0 Å². The van der Waals surface area contributed by atoms with E-state index in [1.165, 1.54) is 17.7 Å². The zero-order chi connectivity index (χ0) is 16.6. The Kier molecular flexibility index (Phi) is 3.96. The highest BCUT2D eigenvalue weighted by Crippen LogP contribution is 2.18. The maximum absolute atomic E-state index is 12.4. The maximum Gasteiger partial charge on any atom is 0.343 e. The summed E-state index contributed by atoms with van der Waals surface area (Å²) in [7, 11) is 0. The second-order valence-corrected chi connectivity index (χ2v) is 6.24. The van der Waals surface area contributed by atoms with Crippen molar-refractivity contribution in [1.82, 2.24) is 14.3 Å². The number of esters is 1. The number of carbonyl (C=O) groups is 1. The number of hydrogen-bond acceptors (Lipinski definition) is 6. The summed E-state index contributed by atoms with van der Waals surface area (Å²) >= 11 is 1.37. The van der Waals surface area contributed by atoms with Gasteiger partial charge in [0, 0.05) is 22.3 Å². The highest BCUT2D eigenvalue weighted by molar-refractivity contribution is 7.05.